The molecule has 1 unspecified atom stereocenters. The summed E-state index contributed by atoms with van der Waals surface area (Å²) in [4.78, 5) is 0. The predicted octanol–water partition coefficient (Wildman–Crippen LogP) is 15.1. The van der Waals surface area contributed by atoms with Gasteiger partial charge in [0.05, 0.1) is 5.41 Å². The minimum atomic E-state index is -0.482. The van der Waals surface area contributed by atoms with Gasteiger partial charge in [0.2, 0.25) is 0 Å². The summed E-state index contributed by atoms with van der Waals surface area (Å²) >= 11 is 0. The van der Waals surface area contributed by atoms with Gasteiger partial charge in [0, 0.05) is 0 Å². The number of rotatable bonds is 2. The number of fused-ring (bicyclic) bond motifs is 19. The van der Waals surface area contributed by atoms with Crippen LogP contribution >= 0.6 is 0 Å². The molecule has 0 bridgehead atoms. The molecule has 0 aromatic heterocycles. The summed E-state index contributed by atoms with van der Waals surface area (Å²) in [7, 11) is 0. The minimum absolute atomic E-state index is 0.482. The molecule has 57 heavy (non-hydrogen) atoms. The Labute approximate surface area is 330 Å². The van der Waals surface area contributed by atoms with Gasteiger partial charge in [0.25, 0.3) is 0 Å². The number of hydrogen-bond donors (Lipinski definition) is 0. The van der Waals surface area contributed by atoms with Crippen molar-refractivity contribution in [2.75, 3.05) is 0 Å². The maximum absolute atomic E-state index is 2.58. The average molecular weight is 719 g/mol. The third kappa shape index (κ3) is 4.07. The first-order chi connectivity index (χ1) is 28.3. The summed E-state index contributed by atoms with van der Waals surface area (Å²) in [5, 5.41) is 12.9. The van der Waals surface area contributed by atoms with Gasteiger partial charge >= 0.3 is 0 Å². The lowest BCUT2D eigenvalue weighted by atomic mass is 9.70. The zero-order valence-electron chi connectivity index (χ0n) is 31.1. The molecule has 1 atom stereocenters. The van der Waals surface area contributed by atoms with Gasteiger partial charge in [-0.3, -0.25) is 0 Å². The Kier molecular flexibility index (Phi) is 6.19. The first-order valence-electron chi connectivity index (χ1n) is 20.0. The molecule has 11 aromatic carbocycles. The molecule has 0 saturated carbocycles. The average Bonchev–Trinajstić information content (AvgIpc) is 3.75. The van der Waals surface area contributed by atoms with Crippen molar-refractivity contribution in [3.05, 3.63) is 229 Å². The van der Waals surface area contributed by atoms with E-state index < -0.39 is 5.41 Å². The van der Waals surface area contributed by atoms with Crippen LogP contribution in [0.1, 0.15) is 22.3 Å². The van der Waals surface area contributed by atoms with Crippen molar-refractivity contribution >= 4 is 53.9 Å². The van der Waals surface area contributed by atoms with Crippen molar-refractivity contribution in [1.29, 1.82) is 0 Å². The summed E-state index contributed by atoms with van der Waals surface area (Å²) in [6, 6.07) is 77.8. The fourth-order valence-corrected chi connectivity index (χ4v) is 10.9. The van der Waals surface area contributed by atoms with Crippen molar-refractivity contribution < 1.29 is 0 Å². The molecule has 0 nitrogen and oxygen atoms in total. The zero-order valence-corrected chi connectivity index (χ0v) is 31.1. The Bertz CT molecular complexity index is 3520. The van der Waals surface area contributed by atoms with Gasteiger partial charge in [-0.05, 0) is 151 Å². The second-order valence-corrected chi connectivity index (χ2v) is 15.9. The van der Waals surface area contributed by atoms with Gasteiger partial charge in [-0.15, -0.1) is 0 Å². The summed E-state index contributed by atoms with van der Waals surface area (Å²) < 4.78 is 0. The molecule has 0 aliphatic heterocycles. The lowest BCUT2D eigenvalue weighted by Gasteiger charge is -2.31. The Morgan fingerprint density at radius 1 is 0.211 bits per heavy atom. The van der Waals surface area contributed by atoms with Crippen LogP contribution in [0.15, 0.2) is 206 Å². The maximum Gasteiger partial charge on any atom is 0.0725 e. The lowest BCUT2D eigenvalue weighted by molar-refractivity contribution is 0.795. The fraction of sp³-hybridized carbons (Fsp3) is 0.0175. The molecule has 0 amide bonds. The lowest BCUT2D eigenvalue weighted by Crippen LogP contribution is -2.26. The van der Waals surface area contributed by atoms with Crippen LogP contribution in [-0.2, 0) is 5.41 Å². The van der Waals surface area contributed by atoms with Crippen molar-refractivity contribution in [2.24, 2.45) is 0 Å². The molecule has 13 rings (SSSR count). The van der Waals surface area contributed by atoms with Crippen molar-refractivity contribution in [2.45, 2.75) is 5.41 Å². The van der Waals surface area contributed by atoms with Crippen LogP contribution in [0.2, 0.25) is 0 Å². The first kappa shape index (κ1) is 31.0. The molecular weight excluding hydrogens is 685 g/mol. The molecule has 0 radical (unpaired) electrons. The Morgan fingerprint density at radius 3 is 1.49 bits per heavy atom. The van der Waals surface area contributed by atoms with E-state index in [4.69, 9.17) is 0 Å². The highest BCUT2D eigenvalue weighted by Crippen LogP contribution is 2.64. The van der Waals surface area contributed by atoms with E-state index in [1.54, 1.807) is 0 Å². The predicted molar refractivity (Wildman–Crippen MR) is 241 cm³/mol. The fourth-order valence-electron chi connectivity index (χ4n) is 10.9. The van der Waals surface area contributed by atoms with E-state index in [0.717, 1.165) is 0 Å². The van der Waals surface area contributed by atoms with Gasteiger partial charge in [-0.25, -0.2) is 0 Å². The highest BCUT2D eigenvalue weighted by Gasteiger charge is 2.52. The molecule has 0 N–H and O–H groups in total. The van der Waals surface area contributed by atoms with E-state index in [-0.39, 0.29) is 0 Å². The summed E-state index contributed by atoms with van der Waals surface area (Å²) in [5.74, 6) is 0. The summed E-state index contributed by atoms with van der Waals surface area (Å²) in [5.41, 5.74) is 15.2. The molecule has 0 heterocycles. The second-order valence-electron chi connectivity index (χ2n) is 15.9. The van der Waals surface area contributed by atoms with E-state index in [9.17, 15) is 0 Å². The zero-order chi connectivity index (χ0) is 37.2. The molecule has 11 aromatic rings. The van der Waals surface area contributed by atoms with Gasteiger partial charge < -0.3 is 0 Å². The molecule has 262 valence electrons. The Hall–Kier alpha value is -7.28. The van der Waals surface area contributed by atoms with Gasteiger partial charge in [0.15, 0.2) is 0 Å². The Balaban J connectivity index is 1.16. The highest BCUT2D eigenvalue weighted by atomic mass is 14.5. The number of benzene rings is 11. The van der Waals surface area contributed by atoms with Crippen LogP contribution < -0.4 is 0 Å². The molecular formula is C57H34. The van der Waals surface area contributed by atoms with E-state index in [1.807, 2.05) is 0 Å². The third-order valence-electron chi connectivity index (χ3n) is 13.2. The van der Waals surface area contributed by atoms with E-state index in [1.165, 1.54) is 121 Å². The Morgan fingerprint density at radius 2 is 0.719 bits per heavy atom. The molecule has 1 spiro atoms. The monoisotopic (exact) mass is 718 g/mol. The second kappa shape index (κ2) is 11.4. The van der Waals surface area contributed by atoms with Crippen LogP contribution in [-0.4, -0.2) is 0 Å². The van der Waals surface area contributed by atoms with Gasteiger partial charge in [-0.2, -0.15) is 0 Å². The molecule has 0 fully saturated rings. The van der Waals surface area contributed by atoms with Gasteiger partial charge in [-0.1, -0.05) is 176 Å². The summed E-state index contributed by atoms with van der Waals surface area (Å²) in [6.45, 7) is 0. The van der Waals surface area contributed by atoms with Crippen LogP contribution in [0.5, 0.6) is 0 Å². The smallest absolute Gasteiger partial charge is 0.0622 e. The highest BCUT2D eigenvalue weighted by molar-refractivity contribution is 6.27. The first-order valence-corrected chi connectivity index (χ1v) is 20.0. The van der Waals surface area contributed by atoms with Gasteiger partial charge in [0.1, 0.15) is 0 Å². The van der Waals surface area contributed by atoms with Crippen LogP contribution in [0, 0.1) is 0 Å². The van der Waals surface area contributed by atoms with Crippen LogP contribution in [0.3, 0.4) is 0 Å². The van der Waals surface area contributed by atoms with Crippen molar-refractivity contribution in [1.82, 2.24) is 0 Å². The van der Waals surface area contributed by atoms with E-state index in [0.29, 0.717) is 0 Å². The van der Waals surface area contributed by atoms with Crippen LogP contribution in [0.4, 0.5) is 0 Å². The van der Waals surface area contributed by atoms with Crippen molar-refractivity contribution in [3.8, 4) is 44.5 Å². The van der Waals surface area contributed by atoms with Crippen molar-refractivity contribution in [3.63, 3.8) is 0 Å². The van der Waals surface area contributed by atoms with E-state index >= 15 is 0 Å². The number of hydrogen-bond acceptors (Lipinski definition) is 0. The standard InChI is InChI=1S/C57H34/c1-2-14-35(15-3-1)36-26-28-44-41-19-7-9-21-43(41)50-33-52-46-23-11-13-25-54(46)57(56(52)34-51(50)49(44)30-36)53-24-12-10-22-45(53)47-29-27-38(32-55(47)57)48-31-37-16-4-5-17-39(37)40-18-6-8-20-42(40)48/h1-34H. The van der Waals surface area contributed by atoms with E-state index in [2.05, 4.69) is 206 Å². The largest absolute Gasteiger partial charge is 0.0725 e. The maximum atomic E-state index is 2.58. The SMILES string of the molecule is c1ccc(-c2ccc3c4ccccc4c4cc5c(cc4c3c2)C2(c3ccccc3-c3ccc(-c4cc6ccccc6c6ccccc46)cc32)c2ccccc2-5)cc1. The third-order valence-corrected chi connectivity index (χ3v) is 13.2. The molecule has 0 heteroatoms. The molecule has 2 aliphatic rings. The normalized spacial score (nSPS) is 15.1. The topological polar surface area (TPSA) is 0 Å². The van der Waals surface area contributed by atoms with Crippen LogP contribution in [0.25, 0.3) is 98.4 Å². The summed E-state index contributed by atoms with van der Waals surface area (Å²) in [6.07, 6.45) is 0. The molecule has 0 saturated heterocycles. The molecule has 2 aliphatic carbocycles. The quantitative estimate of drug-likeness (QED) is 0.156. The minimum Gasteiger partial charge on any atom is -0.0622 e.